The van der Waals surface area contributed by atoms with Crippen LogP contribution in [0, 0.1) is 39.4 Å². The van der Waals surface area contributed by atoms with Crippen molar-refractivity contribution in [3.05, 3.63) is 23.8 Å². The summed E-state index contributed by atoms with van der Waals surface area (Å²) in [7, 11) is 0. The van der Waals surface area contributed by atoms with Gasteiger partial charge in [0.05, 0.1) is 30.0 Å². The van der Waals surface area contributed by atoms with Crippen LogP contribution in [-0.4, -0.2) is 132 Å². The van der Waals surface area contributed by atoms with Crippen molar-refractivity contribution in [2.75, 3.05) is 6.61 Å². The zero-order valence-electron chi connectivity index (χ0n) is 34.1. The Labute approximate surface area is 325 Å². The Bertz CT molecular complexity index is 1490. The van der Waals surface area contributed by atoms with Gasteiger partial charge in [0, 0.05) is 17.3 Å². The second kappa shape index (κ2) is 14.7. The minimum atomic E-state index is -1.67. The van der Waals surface area contributed by atoms with Crippen LogP contribution < -0.4 is 0 Å². The van der Waals surface area contributed by atoms with Crippen molar-refractivity contribution in [2.45, 2.75) is 186 Å². The maximum Gasteiger partial charge on any atom is 0.187 e. The van der Waals surface area contributed by atoms with Crippen molar-refractivity contribution in [1.82, 2.24) is 0 Å². The van der Waals surface area contributed by atoms with Crippen LogP contribution in [0.2, 0.25) is 0 Å². The van der Waals surface area contributed by atoms with Crippen molar-refractivity contribution in [1.29, 1.82) is 0 Å². The smallest absolute Gasteiger partial charge is 0.187 e. The molecule has 2 saturated heterocycles. The first kappa shape index (κ1) is 43.3. The molecular weight excluding hydrogens is 712 g/mol. The third kappa shape index (κ3) is 7.03. The van der Waals surface area contributed by atoms with Gasteiger partial charge in [-0.05, 0) is 94.8 Å². The summed E-state index contributed by atoms with van der Waals surface area (Å²) in [6, 6.07) is 0. The molecule has 0 bridgehead atoms. The van der Waals surface area contributed by atoms with Crippen LogP contribution in [0.3, 0.4) is 0 Å². The van der Waals surface area contributed by atoms with E-state index in [1.165, 1.54) is 6.92 Å². The lowest BCUT2D eigenvalue weighted by Crippen LogP contribution is -2.65. The van der Waals surface area contributed by atoms with Crippen LogP contribution in [0.5, 0.6) is 0 Å². The highest BCUT2D eigenvalue weighted by Gasteiger charge is 2.71. The molecule has 3 saturated carbocycles. The number of Topliss-reactive ketones (excluding diaryl/α,β-unsaturated/α-hetero) is 1. The zero-order chi connectivity index (χ0) is 40.8. The van der Waals surface area contributed by atoms with E-state index in [1.807, 2.05) is 13.0 Å². The summed E-state index contributed by atoms with van der Waals surface area (Å²) < 4.78 is 24.3. The topological polar surface area (TPSA) is 216 Å². The largest absolute Gasteiger partial charge is 0.394 e. The van der Waals surface area contributed by atoms with Crippen molar-refractivity contribution >= 4 is 5.78 Å². The Morgan fingerprint density at radius 3 is 2.16 bits per heavy atom. The molecule has 18 atom stereocenters. The number of hydrogen-bond donors (Lipinski definition) is 8. The molecule has 2 aliphatic heterocycles. The summed E-state index contributed by atoms with van der Waals surface area (Å²) in [5, 5.41) is 85.5. The van der Waals surface area contributed by atoms with Crippen LogP contribution in [-0.2, 0) is 23.7 Å². The van der Waals surface area contributed by atoms with E-state index >= 15 is 0 Å². The number of allylic oxidation sites excluding steroid dienone is 1. The molecule has 13 nitrogen and oxygen atoms in total. The average molecular weight is 781 g/mol. The molecule has 0 spiro atoms. The van der Waals surface area contributed by atoms with Gasteiger partial charge in [0.1, 0.15) is 48.5 Å². The van der Waals surface area contributed by atoms with E-state index in [1.54, 1.807) is 19.9 Å². The predicted octanol–water partition coefficient (Wildman–Crippen LogP) is 2.28. The van der Waals surface area contributed by atoms with E-state index in [0.29, 0.717) is 32.1 Å². The van der Waals surface area contributed by atoms with Crippen molar-refractivity contribution in [3.63, 3.8) is 0 Å². The summed E-state index contributed by atoms with van der Waals surface area (Å²) >= 11 is 0. The van der Waals surface area contributed by atoms with E-state index in [2.05, 4.69) is 40.7 Å². The monoisotopic (exact) mass is 780 g/mol. The fraction of sp³-hybridized carbons (Fsp3) is 0.881. The highest BCUT2D eigenvalue weighted by Crippen LogP contribution is 2.74. The SMILES string of the molecule is C[C@@H]1O[C@@H](O[C@H]2[C@H](O[C@H]3CC[C@@H]4C(=CC[C@@H]5[C@@]4(C)C(=O)C[C@]4(C)[C@@H]([C@@](C)(O)C/C=C/C(C)(C)O)CC[C@@]54C)C3(C)C)O[C@H](CO)[C@@H](O)[C@@H]2O)[C@H](O)[C@H](O)[C@H]1O. The first-order valence-corrected chi connectivity index (χ1v) is 20.3. The van der Waals surface area contributed by atoms with E-state index in [9.17, 15) is 45.6 Å². The Morgan fingerprint density at radius 1 is 0.855 bits per heavy atom. The molecule has 5 fully saturated rings. The number of carbonyl (C=O) groups is 1. The summed E-state index contributed by atoms with van der Waals surface area (Å²) in [6.07, 6.45) is -4.45. The van der Waals surface area contributed by atoms with Gasteiger partial charge in [0.25, 0.3) is 0 Å². The van der Waals surface area contributed by atoms with Gasteiger partial charge in [-0.1, -0.05) is 58.4 Å². The standard InChI is InChI=1S/C42H68O13/c1-21-29(45)31(47)33(49)35(52-21)55-34-32(48)30(46)24(20-43)53-36(34)54-28-14-12-23-22(38(28,4)5)11-13-26-39(6)18-15-25(40(39,7)19-27(44)42(23,26)9)41(8,51)17-10-16-37(2,3)50/h10-11,16,21,23-26,28-36,43,45-51H,12-15,17-20H2,1-9H3/b16-10+/t21-,23+,24+,25-,26-,28-,29-,30+,31+,32-,33+,34+,35-,36-,39-,40+,41-,42-/m0/s1. The minimum absolute atomic E-state index is 0.0543. The van der Waals surface area contributed by atoms with Gasteiger partial charge < -0.3 is 59.8 Å². The molecule has 6 aliphatic rings. The molecule has 0 aromatic heterocycles. The van der Waals surface area contributed by atoms with Crippen LogP contribution in [0.15, 0.2) is 23.8 Å². The highest BCUT2D eigenvalue weighted by atomic mass is 16.8. The lowest BCUT2D eigenvalue weighted by Gasteiger charge is -2.65. The van der Waals surface area contributed by atoms with Gasteiger partial charge in [0.15, 0.2) is 12.6 Å². The summed E-state index contributed by atoms with van der Waals surface area (Å²) in [5.74, 6) is 0.120. The van der Waals surface area contributed by atoms with Gasteiger partial charge in [-0.3, -0.25) is 4.79 Å². The van der Waals surface area contributed by atoms with Gasteiger partial charge in [0.2, 0.25) is 0 Å². The van der Waals surface area contributed by atoms with Crippen LogP contribution in [0.1, 0.15) is 107 Å². The number of aliphatic hydroxyl groups excluding tert-OH is 6. The highest BCUT2D eigenvalue weighted by molar-refractivity contribution is 5.88. The molecule has 6 rings (SSSR count). The van der Waals surface area contributed by atoms with Crippen LogP contribution in [0.25, 0.3) is 0 Å². The zero-order valence-corrected chi connectivity index (χ0v) is 34.1. The molecule has 0 unspecified atom stereocenters. The van der Waals surface area contributed by atoms with E-state index < -0.39 is 102 Å². The molecule has 0 amide bonds. The van der Waals surface area contributed by atoms with Gasteiger partial charge in [-0.15, -0.1) is 0 Å². The van der Waals surface area contributed by atoms with Gasteiger partial charge in [-0.25, -0.2) is 0 Å². The fourth-order valence-corrected chi connectivity index (χ4v) is 12.1. The number of hydrogen-bond acceptors (Lipinski definition) is 13. The molecule has 2 heterocycles. The third-order valence-corrected chi connectivity index (χ3v) is 15.6. The first-order chi connectivity index (χ1) is 25.3. The Hall–Kier alpha value is -1.33. The molecule has 55 heavy (non-hydrogen) atoms. The molecule has 314 valence electrons. The normalized spacial score (nSPS) is 49.8. The first-order valence-electron chi connectivity index (χ1n) is 20.3. The molecule has 4 aliphatic carbocycles. The summed E-state index contributed by atoms with van der Waals surface area (Å²) in [6.45, 7) is 17.0. The molecule has 0 aromatic carbocycles. The van der Waals surface area contributed by atoms with Gasteiger partial charge >= 0.3 is 0 Å². The lowest BCUT2D eigenvalue weighted by molar-refractivity contribution is -0.372. The van der Waals surface area contributed by atoms with Crippen molar-refractivity contribution in [3.8, 4) is 0 Å². The third-order valence-electron chi connectivity index (χ3n) is 15.6. The van der Waals surface area contributed by atoms with Crippen molar-refractivity contribution < 1.29 is 64.6 Å². The van der Waals surface area contributed by atoms with Crippen LogP contribution >= 0.6 is 0 Å². The lowest BCUT2D eigenvalue weighted by atomic mass is 9.38. The molecule has 13 heteroatoms. The second-order valence-electron chi connectivity index (χ2n) is 19.8. The Kier molecular flexibility index (Phi) is 11.6. The molecular formula is C42H68O13. The molecule has 8 N–H and O–H groups in total. The number of ketones is 1. The average Bonchev–Trinajstić information content (AvgIpc) is 3.37. The quantitative estimate of drug-likeness (QED) is 0.158. The van der Waals surface area contributed by atoms with E-state index in [0.717, 1.165) is 18.4 Å². The van der Waals surface area contributed by atoms with Crippen LogP contribution in [0.4, 0.5) is 0 Å². The molecule has 0 radical (unpaired) electrons. The minimum Gasteiger partial charge on any atom is -0.394 e. The number of aliphatic hydroxyl groups is 8. The number of fused-ring (bicyclic) bond motifs is 5. The Balaban J connectivity index is 1.25. The van der Waals surface area contributed by atoms with Crippen molar-refractivity contribution in [2.24, 2.45) is 39.4 Å². The van der Waals surface area contributed by atoms with E-state index in [4.69, 9.17) is 18.9 Å². The van der Waals surface area contributed by atoms with E-state index in [-0.39, 0.29) is 29.0 Å². The predicted molar refractivity (Wildman–Crippen MR) is 200 cm³/mol. The maximum atomic E-state index is 14.8. The number of rotatable bonds is 9. The fourth-order valence-electron chi connectivity index (χ4n) is 12.1. The summed E-state index contributed by atoms with van der Waals surface area (Å²) in [5.41, 5.74) is -2.83. The van der Waals surface area contributed by atoms with Gasteiger partial charge in [-0.2, -0.15) is 0 Å². The second-order valence-corrected chi connectivity index (χ2v) is 19.8. The summed E-state index contributed by atoms with van der Waals surface area (Å²) in [4.78, 5) is 14.8. The number of ether oxygens (including phenoxy) is 4. The maximum absolute atomic E-state index is 14.8. The number of carbonyl (C=O) groups excluding carboxylic acids is 1. The Morgan fingerprint density at radius 2 is 1.53 bits per heavy atom. The molecule has 0 aromatic rings.